The summed E-state index contributed by atoms with van der Waals surface area (Å²) in [7, 11) is -5.40. The molecule has 0 atom stereocenters. The monoisotopic (exact) mass is 995 g/mol. The molecule has 1 aliphatic heterocycles. The average molecular weight is 996 g/mol. The number of methoxy groups -OCH3 is 3. The van der Waals surface area contributed by atoms with Gasteiger partial charge in [0, 0.05) is 32.7 Å². The predicted octanol–water partition coefficient (Wildman–Crippen LogP) is 7.62. The second-order valence-corrected chi connectivity index (χ2v) is 21.6. The molecule has 7 aromatic rings. The molecule has 1 saturated heterocycles. The number of hydrogen-bond acceptors (Lipinski definition) is 15. The summed E-state index contributed by atoms with van der Waals surface area (Å²) in [5, 5.41) is 14.4. The van der Waals surface area contributed by atoms with Crippen LogP contribution >= 0.6 is 11.3 Å². The Morgan fingerprint density at radius 3 is 1.87 bits per heavy atom. The molecule has 8 rings (SSSR count). The van der Waals surface area contributed by atoms with Crippen LogP contribution in [0.5, 0.6) is 17.2 Å². The molecule has 2 aromatic heterocycles. The predicted molar refractivity (Wildman–Crippen MR) is 263 cm³/mol. The number of fused-ring (bicyclic) bond motifs is 1. The van der Waals surface area contributed by atoms with E-state index in [1.807, 2.05) is 30.3 Å². The Hall–Kier alpha value is -6.65. The lowest BCUT2D eigenvalue weighted by Crippen LogP contribution is -2.49. The van der Waals surface area contributed by atoms with Crippen LogP contribution in [0.25, 0.3) is 32.7 Å². The summed E-state index contributed by atoms with van der Waals surface area (Å²) in [6.45, 7) is 5.35. The van der Waals surface area contributed by atoms with Gasteiger partial charge in [0.2, 0.25) is 15.8 Å². The van der Waals surface area contributed by atoms with E-state index in [4.69, 9.17) is 34.2 Å². The number of amides is 1. The van der Waals surface area contributed by atoms with Gasteiger partial charge in [-0.3, -0.25) is 0 Å². The fraction of sp³-hybridized carbons (Fsp3) is 0.312. The van der Waals surface area contributed by atoms with Crippen LogP contribution in [0.2, 0.25) is 0 Å². The van der Waals surface area contributed by atoms with Crippen molar-refractivity contribution in [2.24, 2.45) is 5.73 Å². The van der Waals surface area contributed by atoms with E-state index < -0.39 is 36.9 Å². The van der Waals surface area contributed by atoms with Crippen molar-refractivity contribution >= 4 is 53.7 Å². The Bertz CT molecular complexity index is 3120. The van der Waals surface area contributed by atoms with E-state index in [2.05, 4.69) is 10.3 Å². The van der Waals surface area contributed by atoms with Gasteiger partial charge in [-0.15, -0.1) is 21.5 Å². The highest BCUT2D eigenvalue weighted by Crippen LogP contribution is 2.46. The highest BCUT2D eigenvalue weighted by molar-refractivity contribution is 7.90. The zero-order valence-corrected chi connectivity index (χ0v) is 41.5. The summed E-state index contributed by atoms with van der Waals surface area (Å²) in [5.74, 6) is 1.65. The van der Waals surface area contributed by atoms with Crippen LogP contribution in [-0.2, 0) is 50.7 Å². The molecule has 0 bridgehead atoms. The van der Waals surface area contributed by atoms with Crippen LogP contribution in [0.15, 0.2) is 108 Å². The number of benzene rings is 5. The summed E-state index contributed by atoms with van der Waals surface area (Å²) in [5.41, 5.74) is 7.60. The minimum absolute atomic E-state index is 0.0631. The SMILES string of the molecule is COc1ccc(CN(Cc2ccc(OC)cc2)S(=O)(=O)c2c(N(C(C)(C)C)S(=O)(=O)OC(=O)N3CCCC3)ccc(-c3ccc4sc(CN)nc4c3)c2-c2nnn(Cc3ccc(OC)cc3)n2)cc1. The second kappa shape index (κ2) is 20.1. The van der Waals surface area contributed by atoms with Crippen molar-refractivity contribution < 1.29 is 40.0 Å². The summed E-state index contributed by atoms with van der Waals surface area (Å²) >= 11 is 1.43. The summed E-state index contributed by atoms with van der Waals surface area (Å²) in [4.78, 5) is 20.4. The number of carbonyl (C=O) groups excluding carboxylic acids is 1. The van der Waals surface area contributed by atoms with Crippen molar-refractivity contribution in [1.29, 1.82) is 0 Å². The molecule has 3 heterocycles. The first-order valence-corrected chi connectivity index (χ1v) is 25.6. The van der Waals surface area contributed by atoms with Gasteiger partial charge in [-0.05, 0) is 121 Å². The van der Waals surface area contributed by atoms with E-state index in [0.29, 0.717) is 76.0 Å². The third-order valence-corrected chi connectivity index (χ3v) is 15.9. The van der Waals surface area contributed by atoms with Crippen molar-refractivity contribution in [2.45, 2.75) is 70.2 Å². The fourth-order valence-corrected chi connectivity index (χ4v) is 12.2. The lowest BCUT2D eigenvalue weighted by Gasteiger charge is -2.37. The highest BCUT2D eigenvalue weighted by Gasteiger charge is 2.44. The molecule has 5 aromatic carbocycles. The molecule has 0 saturated carbocycles. The van der Waals surface area contributed by atoms with Gasteiger partial charge in [0.25, 0.3) is 0 Å². The first-order chi connectivity index (χ1) is 33.0. The largest absolute Gasteiger partial charge is 0.497 e. The molecular weight excluding hydrogens is 943 g/mol. The van der Waals surface area contributed by atoms with Crippen molar-refractivity contribution in [3.8, 4) is 39.8 Å². The van der Waals surface area contributed by atoms with E-state index >= 15 is 8.42 Å². The summed E-state index contributed by atoms with van der Waals surface area (Å²) in [6.07, 6.45) is 0.284. The number of carbonyl (C=O) groups is 1. The van der Waals surface area contributed by atoms with Crippen molar-refractivity contribution in [2.75, 3.05) is 38.7 Å². The van der Waals surface area contributed by atoms with Gasteiger partial charge >= 0.3 is 16.4 Å². The molecule has 2 N–H and O–H groups in total. The number of nitrogens with zero attached hydrogens (tertiary/aromatic N) is 8. The Balaban J connectivity index is 1.42. The highest BCUT2D eigenvalue weighted by atomic mass is 32.2. The molecule has 0 spiro atoms. The number of rotatable bonds is 17. The lowest BCUT2D eigenvalue weighted by atomic mass is 9.97. The summed E-state index contributed by atoms with van der Waals surface area (Å²) in [6, 6.07) is 29.7. The standard InChI is InChI=1S/C48H53N9O9S3/c1-48(2,3)57(69(61,62)66-47(58)54-25-7-8-26-54)41-23-22-39(35-15-24-42-40(27-35)50-43(28-49)67-42)44(46-51-53-56(52-46)31-34-13-20-38(65-6)21-14-34)45(41)68(59,60)55(29-32-9-16-36(63-4)17-10-32)30-33-11-18-37(64-5)19-12-33/h9-24,27H,7-8,25-26,28-31,49H2,1-6H3. The molecule has 18 nitrogen and oxygen atoms in total. The quantitative estimate of drug-likeness (QED) is 0.0929. The summed E-state index contributed by atoms with van der Waals surface area (Å²) < 4.78 is 87.1. The lowest BCUT2D eigenvalue weighted by molar-refractivity contribution is 0.164. The van der Waals surface area contributed by atoms with Gasteiger partial charge in [-0.25, -0.2) is 22.5 Å². The maximum Gasteiger partial charge on any atom is 0.426 e. The van der Waals surface area contributed by atoms with Gasteiger partial charge in [0.1, 0.15) is 27.2 Å². The molecule has 362 valence electrons. The first kappa shape index (κ1) is 48.8. The molecule has 1 amide bonds. The maximum absolute atomic E-state index is 16.4. The Morgan fingerprint density at radius 1 is 0.768 bits per heavy atom. The number of anilines is 1. The van der Waals surface area contributed by atoms with Crippen molar-refractivity contribution in [3.63, 3.8) is 0 Å². The van der Waals surface area contributed by atoms with Crippen LogP contribution in [0.3, 0.4) is 0 Å². The van der Waals surface area contributed by atoms with Crippen molar-refractivity contribution in [1.82, 2.24) is 34.4 Å². The van der Waals surface area contributed by atoms with Crippen molar-refractivity contribution in [3.05, 3.63) is 125 Å². The van der Waals surface area contributed by atoms with Gasteiger partial charge in [0.15, 0.2) is 0 Å². The average Bonchev–Trinajstić information content (AvgIpc) is 4.13. The molecule has 21 heteroatoms. The van der Waals surface area contributed by atoms with E-state index in [0.717, 1.165) is 14.6 Å². The number of hydrogen-bond donors (Lipinski definition) is 1. The number of tetrazole rings is 1. The van der Waals surface area contributed by atoms with Gasteiger partial charge in [-0.2, -0.15) is 17.5 Å². The number of sulfonamides is 1. The molecule has 69 heavy (non-hydrogen) atoms. The van der Waals surface area contributed by atoms with Gasteiger partial charge in [0.05, 0.1) is 54.9 Å². The molecular formula is C48H53N9O9S3. The van der Waals surface area contributed by atoms with E-state index in [9.17, 15) is 13.2 Å². The molecule has 0 radical (unpaired) electrons. The topological polar surface area (TPSA) is 214 Å². The Kier molecular flexibility index (Phi) is 14.2. The number of aromatic nitrogens is 5. The van der Waals surface area contributed by atoms with Gasteiger partial charge < -0.3 is 29.0 Å². The number of thiazole rings is 1. The third-order valence-electron chi connectivity index (χ3n) is 11.4. The molecule has 0 unspecified atom stereocenters. The van der Waals surface area contributed by atoms with Crippen LogP contribution in [-0.4, -0.2) is 97.3 Å². The molecule has 0 aliphatic carbocycles. The van der Waals surface area contributed by atoms with E-state index in [1.165, 1.54) is 45.6 Å². The smallest absolute Gasteiger partial charge is 0.426 e. The number of nitrogens with two attached hydrogens (primary N) is 1. The minimum atomic E-state index is -5.12. The molecule has 1 fully saturated rings. The fourth-order valence-electron chi connectivity index (χ4n) is 8.11. The first-order valence-electron chi connectivity index (χ1n) is 22.0. The zero-order valence-electron chi connectivity index (χ0n) is 39.0. The van der Waals surface area contributed by atoms with Crippen LogP contribution in [0, 0.1) is 0 Å². The van der Waals surface area contributed by atoms with Crippen LogP contribution < -0.4 is 24.2 Å². The van der Waals surface area contributed by atoms with Crippen LogP contribution in [0.4, 0.5) is 10.5 Å². The molecule has 1 aliphatic rings. The second-order valence-electron chi connectivity index (χ2n) is 17.2. The Morgan fingerprint density at radius 2 is 1.33 bits per heavy atom. The number of likely N-dealkylation sites (tertiary alicyclic amines) is 1. The Labute approximate surface area is 405 Å². The minimum Gasteiger partial charge on any atom is -0.497 e. The van der Waals surface area contributed by atoms with Crippen LogP contribution in [0.1, 0.15) is 55.3 Å². The normalized spacial score (nSPS) is 13.2. The third kappa shape index (κ3) is 10.7. The van der Waals surface area contributed by atoms with Gasteiger partial charge in [-0.1, -0.05) is 48.5 Å². The van der Waals surface area contributed by atoms with E-state index in [1.54, 1.807) is 94.6 Å². The maximum atomic E-state index is 16.4. The zero-order chi connectivity index (χ0) is 49.1. The van der Waals surface area contributed by atoms with E-state index in [-0.39, 0.29) is 43.3 Å². The number of ether oxygens (including phenoxy) is 3.